The minimum absolute atomic E-state index is 0.780. The number of hydrogen-bond acceptors (Lipinski definition) is 2. The second kappa shape index (κ2) is 7.63. The van der Waals surface area contributed by atoms with Gasteiger partial charge in [-0.3, -0.25) is 4.90 Å². The van der Waals surface area contributed by atoms with Gasteiger partial charge < -0.3 is 4.74 Å². The summed E-state index contributed by atoms with van der Waals surface area (Å²) in [5.74, 6) is 0. The maximum Gasteiger partial charge on any atom is 0.0593 e. The maximum absolute atomic E-state index is 5.49. The van der Waals surface area contributed by atoms with Gasteiger partial charge in [-0.2, -0.15) is 0 Å². The molecule has 0 saturated heterocycles. The number of rotatable bonds is 7. The van der Waals surface area contributed by atoms with E-state index in [1.807, 2.05) is 0 Å². The van der Waals surface area contributed by atoms with Gasteiger partial charge in [-0.15, -0.1) is 0 Å². The largest absolute Gasteiger partial charge is 0.379 e. The van der Waals surface area contributed by atoms with E-state index < -0.39 is 0 Å². The van der Waals surface area contributed by atoms with Crippen molar-refractivity contribution in [2.75, 3.05) is 32.1 Å². The number of nitrogens with zero attached hydrogens (tertiary/aromatic N) is 1. The molecule has 0 saturated carbocycles. The second-order valence-corrected chi connectivity index (χ2v) is 5.47. The summed E-state index contributed by atoms with van der Waals surface area (Å²) >= 11 is 3.36. The maximum atomic E-state index is 5.49. The average molecular weight is 322 g/mol. The third kappa shape index (κ3) is 4.30. The molecule has 0 aliphatic heterocycles. The van der Waals surface area contributed by atoms with Crippen LogP contribution in [0.3, 0.4) is 0 Å². The van der Waals surface area contributed by atoms with Crippen molar-refractivity contribution in [1.82, 2.24) is 4.90 Å². The van der Waals surface area contributed by atoms with Gasteiger partial charge in [0, 0.05) is 18.4 Å². The normalized spacial score (nSPS) is 11.3. The Balaban J connectivity index is 1.97. The topological polar surface area (TPSA) is 12.5 Å². The summed E-state index contributed by atoms with van der Waals surface area (Å²) in [6, 6.07) is 15.1. The van der Waals surface area contributed by atoms with Crippen LogP contribution in [0.25, 0.3) is 10.8 Å². The molecule has 2 aromatic rings. The van der Waals surface area contributed by atoms with E-state index in [4.69, 9.17) is 4.74 Å². The fourth-order valence-electron chi connectivity index (χ4n) is 2.18. The number of halogens is 1. The van der Waals surface area contributed by atoms with Crippen LogP contribution in [0.2, 0.25) is 0 Å². The van der Waals surface area contributed by atoms with Crippen LogP contribution in [0.15, 0.2) is 42.5 Å². The summed E-state index contributed by atoms with van der Waals surface area (Å²) in [7, 11) is 2.14. The molecule has 2 aromatic carbocycles. The molecule has 0 radical (unpaired) electrons. The lowest BCUT2D eigenvalue weighted by molar-refractivity contribution is 0.123. The molecule has 3 heteroatoms. The summed E-state index contributed by atoms with van der Waals surface area (Å²) < 4.78 is 5.49. The fraction of sp³-hybridized carbons (Fsp3) is 0.375. The Labute approximate surface area is 123 Å². The molecule has 0 aliphatic rings. The van der Waals surface area contributed by atoms with E-state index in [9.17, 15) is 0 Å². The first-order valence-corrected chi connectivity index (χ1v) is 7.72. The summed E-state index contributed by atoms with van der Waals surface area (Å²) in [6.45, 7) is 3.48. The quantitative estimate of drug-likeness (QED) is 0.569. The second-order valence-electron chi connectivity index (χ2n) is 4.68. The van der Waals surface area contributed by atoms with E-state index >= 15 is 0 Å². The van der Waals surface area contributed by atoms with Crippen LogP contribution >= 0.6 is 15.9 Å². The summed E-state index contributed by atoms with van der Waals surface area (Å²) in [6.07, 6.45) is 0. The van der Waals surface area contributed by atoms with Crippen LogP contribution < -0.4 is 0 Å². The SMILES string of the molecule is CN(CCOCCBr)Cc1cccc2ccccc12. The lowest BCUT2D eigenvalue weighted by Gasteiger charge is -2.17. The van der Waals surface area contributed by atoms with E-state index in [1.54, 1.807) is 0 Å². The first kappa shape index (κ1) is 14.5. The van der Waals surface area contributed by atoms with Crippen LogP contribution in [-0.2, 0) is 11.3 Å². The number of benzene rings is 2. The molecule has 0 spiro atoms. The Kier molecular flexibility index (Phi) is 5.83. The number of alkyl halides is 1. The predicted molar refractivity (Wildman–Crippen MR) is 84.9 cm³/mol. The monoisotopic (exact) mass is 321 g/mol. The average Bonchev–Trinajstić information content (AvgIpc) is 2.44. The molecule has 102 valence electrons. The Hall–Kier alpha value is -0.900. The van der Waals surface area contributed by atoms with Crippen LogP contribution in [-0.4, -0.2) is 37.0 Å². The van der Waals surface area contributed by atoms with Gasteiger partial charge in [-0.1, -0.05) is 58.4 Å². The third-order valence-electron chi connectivity index (χ3n) is 3.16. The molecule has 0 aliphatic carbocycles. The van der Waals surface area contributed by atoms with E-state index in [1.165, 1.54) is 16.3 Å². The molecule has 0 N–H and O–H groups in total. The molecule has 0 bridgehead atoms. The molecule has 0 atom stereocenters. The minimum Gasteiger partial charge on any atom is -0.379 e. The molecule has 0 aromatic heterocycles. The number of likely N-dealkylation sites (N-methyl/N-ethyl adjacent to an activating group) is 1. The molecule has 2 nitrogen and oxygen atoms in total. The van der Waals surface area contributed by atoms with Crippen molar-refractivity contribution in [3.05, 3.63) is 48.0 Å². The Morgan fingerprint density at radius 1 is 1.05 bits per heavy atom. The molecule has 0 fully saturated rings. The van der Waals surface area contributed by atoms with Crippen LogP contribution in [0.1, 0.15) is 5.56 Å². The standard InChI is InChI=1S/C16H20BrNO/c1-18(10-12-19-11-9-17)13-15-7-4-6-14-5-2-3-8-16(14)15/h2-8H,9-13H2,1H3. The summed E-state index contributed by atoms with van der Waals surface area (Å²) in [5, 5.41) is 3.56. The van der Waals surface area contributed by atoms with Gasteiger partial charge in [0.25, 0.3) is 0 Å². The first-order valence-electron chi connectivity index (χ1n) is 6.60. The van der Waals surface area contributed by atoms with Gasteiger partial charge in [-0.05, 0) is 23.4 Å². The minimum atomic E-state index is 0.780. The molecular formula is C16H20BrNO. The van der Waals surface area contributed by atoms with Crippen molar-refractivity contribution in [3.63, 3.8) is 0 Å². The highest BCUT2D eigenvalue weighted by molar-refractivity contribution is 9.09. The highest BCUT2D eigenvalue weighted by Gasteiger charge is 2.04. The first-order chi connectivity index (χ1) is 9.31. The zero-order chi connectivity index (χ0) is 13.5. The predicted octanol–water partition coefficient (Wildman–Crippen LogP) is 3.68. The van der Waals surface area contributed by atoms with Gasteiger partial charge in [0.1, 0.15) is 0 Å². The third-order valence-corrected chi connectivity index (χ3v) is 3.48. The van der Waals surface area contributed by atoms with E-state index in [0.717, 1.165) is 31.6 Å². The Morgan fingerprint density at radius 2 is 1.84 bits per heavy atom. The molecule has 2 rings (SSSR count). The van der Waals surface area contributed by atoms with Gasteiger partial charge >= 0.3 is 0 Å². The van der Waals surface area contributed by atoms with Crippen molar-refractivity contribution in [3.8, 4) is 0 Å². The molecule has 0 unspecified atom stereocenters. The van der Waals surface area contributed by atoms with Gasteiger partial charge in [-0.25, -0.2) is 0 Å². The molecular weight excluding hydrogens is 302 g/mol. The van der Waals surface area contributed by atoms with Gasteiger partial charge in [0.2, 0.25) is 0 Å². The van der Waals surface area contributed by atoms with Crippen LogP contribution in [0, 0.1) is 0 Å². The lowest BCUT2D eigenvalue weighted by atomic mass is 10.0. The smallest absolute Gasteiger partial charge is 0.0593 e. The fourth-order valence-corrected chi connectivity index (χ4v) is 2.41. The zero-order valence-electron chi connectivity index (χ0n) is 11.3. The summed E-state index contributed by atoms with van der Waals surface area (Å²) in [5.41, 5.74) is 1.38. The van der Waals surface area contributed by atoms with E-state index in [0.29, 0.717) is 0 Å². The molecule has 0 heterocycles. The van der Waals surface area contributed by atoms with Crippen molar-refractivity contribution < 1.29 is 4.74 Å². The highest BCUT2D eigenvalue weighted by Crippen LogP contribution is 2.19. The highest BCUT2D eigenvalue weighted by atomic mass is 79.9. The van der Waals surface area contributed by atoms with Crippen molar-refractivity contribution in [2.24, 2.45) is 0 Å². The van der Waals surface area contributed by atoms with E-state index in [-0.39, 0.29) is 0 Å². The zero-order valence-corrected chi connectivity index (χ0v) is 12.9. The number of ether oxygens (including phenoxy) is 1. The van der Waals surface area contributed by atoms with Gasteiger partial charge in [0.05, 0.1) is 13.2 Å². The number of fused-ring (bicyclic) bond motifs is 1. The van der Waals surface area contributed by atoms with Crippen molar-refractivity contribution >= 4 is 26.7 Å². The van der Waals surface area contributed by atoms with E-state index in [2.05, 4.69) is 70.3 Å². The number of hydrogen-bond donors (Lipinski definition) is 0. The van der Waals surface area contributed by atoms with Crippen molar-refractivity contribution in [1.29, 1.82) is 0 Å². The Morgan fingerprint density at radius 3 is 2.68 bits per heavy atom. The molecule has 0 amide bonds. The van der Waals surface area contributed by atoms with Gasteiger partial charge in [0.15, 0.2) is 0 Å². The van der Waals surface area contributed by atoms with Crippen LogP contribution in [0.5, 0.6) is 0 Å². The Bertz CT molecular complexity index is 510. The summed E-state index contributed by atoms with van der Waals surface area (Å²) in [4.78, 5) is 2.30. The van der Waals surface area contributed by atoms with Crippen LogP contribution in [0.4, 0.5) is 0 Å². The molecule has 19 heavy (non-hydrogen) atoms. The lowest BCUT2D eigenvalue weighted by Crippen LogP contribution is -2.23. The van der Waals surface area contributed by atoms with Crippen molar-refractivity contribution in [2.45, 2.75) is 6.54 Å².